The minimum Gasteiger partial charge on any atom is -0.391 e. The first-order chi connectivity index (χ1) is 24.9. The van der Waals surface area contributed by atoms with E-state index in [1.54, 1.807) is 50.5 Å². The van der Waals surface area contributed by atoms with Gasteiger partial charge in [0.2, 0.25) is 35.4 Å². The van der Waals surface area contributed by atoms with Crippen molar-refractivity contribution >= 4 is 58.5 Å². The summed E-state index contributed by atoms with van der Waals surface area (Å²) in [6, 6.07) is -0.395. The number of aliphatic hydroxyl groups excluding tert-OH is 2. The third kappa shape index (κ3) is 10.5. The number of carbonyl (C=O) groups excluding carboxylic acids is 6. The van der Waals surface area contributed by atoms with Crippen molar-refractivity contribution in [3.8, 4) is 10.4 Å². The van der Waals surface area contributed by atoms with Crippen LogP contribution >= 0.6 is 23.1 Å². The van der Waals surface area contributed by atoms with Crippen LogP contribution in [-0.2, 0) is 28.8 Å². The van der Waals surface area contributed by atoms with Crippen molar-refractivity contribution < 1.29 is 39.0 Å². The fourth-order valence-corrected chi connectivity index (χ4v) is 7.68. The molecule has 0 bridgehead atoms. The summed E-state index contributed by atoms with van der Waals surface area (Å²) in [5, 5.41) is 33.9. The van der Waals surface area contributed by atoms with Crippen LogP contribution in [0.3, 0.4) is 0 Å². The van der Waals surface area contributed by atoms with Gasteiger partial charge in [0, 0.05) is 25.3 Å². The van der Waals surface area contributed by atoms with E-state index in [0.29, 0.717) is 5.56 Å². The zero-order valence-electron chi connectivity index (χ0n) is 30.3. The molecule has 3 heterocycles. The van der Waals surface area contributed by atoms with E-state index in [2.05, 4.69) is 31.6 Å². The Morgan fingerprint density at radius 2 is 1.64 bits per heavy atom. The standard InChI is InChI=1S/C34H49N9O8S2/c1-16-26(53-15-37-16)19-8-6-18(7-9-19)25-32(50)38-17(2)29(47)39-21(11-35)30(48)40-22(28(36)46)13-52-14-24(45)41-27(34(3,4)5)33(51)43-12-20(44)10-23(43)31(49)42-25/h6-9,15,17,20-23,25,27-28,44,46H,10-14,35-36H2,1-5H3,(H,38,50)(H,39,47)(H,40,48)(H,41,45)(H,42,49)/t17-,20-,21-,22-,23+,25+,27-,28?/m1/s1. The molecular formula is C34H49N9O8S2. The predicted molar refractivity (Wildman–Crippen MR) is 199 cm³/mol. The first-order valence-electron chi connectivity index (χ1n) is 17.1. The van der Waals surface area contributed by atoms with Gasteiger partial charge < -0.3 is 53.2 Å². The van der Waals surface area contributed by atoms with Gasteiger partial charge in [-0.3, -0.25) is 28.8 Å². The summed E-state index contributed by atoms with van der Waals surface area (Å²) >= 11 is 2.47. The number of amides is 6. The monoisotopic (exact) mass is 775 g/mol. The summed E-state index contributed by atoms with van der Waals surface area (Å²) in [7, 11) is 0. The fraction of sp³-hybridized carbons (Fsp3) is 0.559. The number of rotatable bonds is 4. The molecule has 2 saturated heterocycles. The summed E-state index contributed by atoms with van der Waals surface area (Å²) < 4.78 is 0. The van der Waals surface area contributed by atoms with Gasteiger partial charge in [0.15, 0.2) is 0 Å². The van der Waals surface area contributed by atoms with Crippen LogP contribution in [-0.4, -0.2) is 123 Å². The lowest BCUT2D eigenvalue weighted by Gasteiger charge is -2.35. The summed E-state index contributed by atoms with van der Waals surface area (Å²) in [6.45, 7) is 7.95. The lowest BCUT2D eigenvalue weighted by molar-refractivity contribution is -0.144. The van der Waals surface area contributed by atoms with E-state index in [-0.39, 0.29) is 31.0 Å². The molecule has 19 heteroatoms. The zero-order chi connectivity index (χ0) is 39.2. The Morgan fingerprint density at radius 1 is 0.962 bits per heavy atom. The molecule has 17 nitrogen and oxygen atoms in total. The van der Waals surface area contributed by atoms with Gasteiger partial charge in [-0.15, -0.1) is 23.1 Å². The lowest BCUT2D eigenvalue weighted by atomic mass is 9.85. The minimum atomic E-state index is -1.53. The summed E-state index contributed by atoms with van der Waals surface area (Å²) in [6.07, 6.45) is -2.72. The molecule has 53 heavy (non-hydrogen) atoms. The highest BCUT2D eigenvalue weighted by Gasteiger charge is 2.45. The Kier molecular flexibility index (Phi) is 14.0. The number of aryl methyl sites for hydroxylation is 1. The number of carbonyl (C=O) groups is 6. The fourth-order valence-electron chi connectivity index (χ4n) is 5.95. The van der Waals surface area contributed by atoms with Crippen LogP contribution in [0.5, 0.6) is 0 Å². The van der Waals surface area contributed by atoms with Crippen LogP contribution < -0.4 is 38.1 Å². The van der Waals surface area contributed by atoms with Crippen LogP contribution in [0.4, 0.5) is 0 Å². The third-order valence-electron chi connectivity index (χ3n) is 8.97. The van der Waals surface area contributed by atoms with E-state index in [9.17, 15) is 39.0 Å². The Bertz CT molecular complexity index is 1670. The normalized spacial score (nSPS) is 28.1. The minimum absolute atomic E-state index is 0.0184. The molecule has 8 atom stereocenters. The molecule has 0 aliphatic carbocycles. The number of aromatic nitrogens is 1. The second kappa shape index (κ2) is 17.8. The maximum absolute atomic E-state index is 14.1. The Hall–Kier alpha value is -4.14. The number of thiazole rings is 1. The van der Waals surface area contributed by atoms with Crippen molar-refractivity contribution in [1.29, 1.82) is 0 Å². The van der Waals surface area contributed by atoms with Crippen molar-refractivity contribution in [2.75, 3.05) is 24.6 Å². The number of hydrogen-bond acceptors (Lipinski definition) is 13. The first kappa shape index (κ1) is 41.6. The molecule has 0 radical (unpaired) electrons. The van der Waals surface area contributed by atoms with E-state index in [4.69, 9.17) is 11.5 Å². The molecule has 0 spiro atoms. The second-order valence-corrected chi connectivity index (χ2v) is 16.1. The highest BCUT2D eigenvalue weighted by Crippen LogP contribution is 2.30. The quantitative estimate of drug-likeness (QED) is 0.156. The molecule has 4 rings (SSSR count). The highest BCUT2D eigenvalue weighted by atomic mass is 32.2. The molecule has 1 aromatic heterocycles. The van der Waals surface area contributed by atoms with Gasteiger partial charge in [0.1, 0.15) is 36.4 Å². The van der Waals surface area contributed by atoms with Crippen LogP contribution in [0, 0.1) is 12.3 Å². The van der Waals surface area contributed by atoms with E-state index in [0.717, 1.165) is 27.9 Å². The molecule has 1 aromatic carbocycles. The molecule has 0 saturated carbocycles. The predicted octanol–water partition coefficient (Wildman–Crippen LogP) is -1.77. The number of fused-ring (bicyclic) bond motifs is 1. The molecule has 6 amide bonds. The van der Waals surface area contributed by atoms with Crippen molar-refractivity contribution in [3.05, 3.63) is 41.0 Å². The zero-order valence-corrected chi connectivity index (χ0v) is 31.9. The summed E-state index contributed by atoms with van der Waals surface area (Å²) in [5.41, 5.74) is 14.4. The molecule has 2 aliphatic heterocycles. The average molecular weight is 776 g/mol. The van der Waals surface area contributed by atoms with Gasteiger partial charge in [-0.25, -0.2) is 4.98 Å². The number of hydrogen-bond donors (Lipinski definition) is 9. The number of nitrogens with two attached hydrogens (primary N) is 2. The molecule has 1 unspecified atom stereocenters. The number of aliphatic hydroxyl groups is 2. The third-order valence-corrected chi connectivity index (χ3v) is 11.0. The maximum Gasteiger partial charge on any atom is 0.247 e. The summed E-state index contributed by atoms with van der Waals surface area (Å²) in [5.74, 6) is -4.39. The molecule has 11 N–H and O–H groups in total. The van der Waals surface area contributed by atoms with Gasteiger partial charge in [-0.2, -0.15) is 0 Å². The van der Waals surface area contributed by atoms with Gasteiger partial charge in [-0.05, 0) is 30.4 Å². The number of nitrogens with one attached hydrogen (secondary N) is 5. The van der Waals surface area contributed by atoms with Crippen LogP contribution in [0.2, 0.25) is 0 Å². The molecule has 2 fully saturated rings. The van der Waals surface area contributed by atoms with Crippen molar-refractivity contribution in [1.82, 2.24) is 36.5 Å². The smallest absolute Gasteiger partial charge is 0.247 e. The van der Waals surface area contributed by atoms with Gasteiger partial charge in [-0.1, -0.05) is 45.0 Å². The van der Waals surface area contributed by atoms with E-state index in [1.165, 1.54) is 23.2 Å². The Balaban J connectivity index is 1.72. The van der Waals surface area contributed by atoms with Crippen molar-refractivity contribution in [2.24, 2.45) is 16.9 Å². The van der Waals surface area contributed by atoms with Crippen LogP contribution in [0.1, 0.15) is 51.4 Å². The van der Waals surface area contributed by atoms with Crippen molar-refractivity contribution in [3.63, 3.8) is 0 Å². The topological polar surface area (TPSA) is 271 Å². The maximum atomic E-state index is 14.1. The van der Waals surface area contributed by atoms with Crippen molar-refractivity contribution in [2.45, 2.75) is 89.6 Å². The van der Waals surface area contributed by atoms with Gasteiger partial charge in [0.05, 0.1) is 34.0 Å². The van der Waals surface area contributed by atoms with Crippen LogP contribution in [0.25, 0.3) is 10.4 Å². The van der Waals surface area contributed by atoms with E-state index < -0.39 is 89.4 Å². The number of nitrogens with zero attached hydrogens (tertiary/aromatic N) is 2. The molecule has 290 valence electrons. The molecule has 2 aromatic rings. The largest absolute Gasteiger partial charge is 0.391 e. The SMILES string of the molecule is Cc1ncsc1-c1ccc([C@@H]2NC(=O)[C@@H]3C[C@@H](O)CN3C(=O)[C@H](C(C)(C)C)NC(=O)CSC[C@H](C(N)O)NC(=O)[C@@H](CN)NC(=O)[C@@H](C)NC2=O)cc1. The lowest BCUT2D eigenvalue weighted by Crippen LogP contribution is -2.59. The van der Waals surface area contributed by atoms with Gasteiger partial charge in [0.25, 0.3) is 0 Å². The van der Waals surface area contributed by atoms with E-state index in [1.807, 2.05) is 6.92 Å². The first-order valence-corrected chi connectivity index (χ1v) is 19.2. The highest BCUT2D eigenvalue weighted by molar-refractivity contribution is 8.00. The molecular weight excluding hydrogens is 727 g/mol. The van der Waals surface area contributed by atoms with Gasteiger partial charge >= 0.3 is 0 Å². The Morgan fingerprint density at radius 3 is 2.23 bits per heavy atom. The average Bonchev–Trinajstić information content (AvgIpc) is 3.71. The second-order valence-electron chi connectivity index (χ2n) is 14.2. The number of thioether (sulfide) groups is 1. The van der Waals surface area contributed by atoms with Crippen LogP contribution in [0.15, 0.2) is 29.8 Å². The number of benzene rings is 1. The van der Waals surface area contributed by atoms with E-state index >= 15 is 0 Å². The Labute approximate surface area is 315 Å². The molecule has 2 aliphatic rings. The summed E-state index contributed by atoms with van der Waals surface area (Å²) in [4.78, 5) is 88.0.